The van der Waals surface area contributed by atoms with Gasteiger partial charge in [-0.25, -0.2) is 8.78 Å². The second kappa shape index (κ2) is 5.28. The van der Waals surface area contributed by atoms with Crippen LogP contribution in [0.1, 0.15) is 18.7 Å². The zero-order valence-electron chi connectivity index (χ0n) is 11.1. The Balaban J connectivity index is 1.78. The number of hydrogen-bond donors (Lipinski definition) is 1. The van der Waals surface area contributed by atoms with Gasteiger partial charge in [-0.05, 0) is 37.9 Å². The number of halogens is 2. The van der Waals surface area contributed by atoms with Crippen LogP contribution in [0.5, 0.6) is 0 Å². The first-order valence-electron chi connectivity index (χ1n) is 6.62. The minimum absolute atomic E-state index is 0.212. The summed E-state index contributed by atoms with van der Waals surface area (Å²) in [5.41, 5.74) is 0.282. The van der Waals surface area contributed by atoms with Crippen LogP contribution in [-0.2, 0) is 6.42 Å². The molecule has 0 spiro atoms. The lowest BCUT2D eigenvalue weighted by atomic mass is 10.1. The maximum atomic E-state index is 13.2. The lowest BCUT2D eigenvalue weighted by molar-refractivity contribution is 0.352. The first kappa shape index (κ1) is 13.2. The highest BCUT2D eigenvalue weighted by Crippen LogP contribution is 2.33. The fourth-order valence-corrected chi connectivity index (χ4v) is 2.33. The van der Waals surface area contributed by atoms with Gasteiger partial charge in [0.15, 0.2) is 0 Å². The second-order valence-corrected chi connectivity index (χ2v) is 5.11. The van der Waals surface area contributed by atoms with Gasteiger partial charge in [-0.2, -0.15) is 4.98 Å². The number of likely N-dealkylation sites (N-methyl/N-ethyl adjacent to an activating group) is 1. The molecule has 0 amide bonds. The molecule has 1 aromatic heterocycles. The zero-order chi connectivity index (χ0) is 14.1. The highest BCUT2D eigenvalue weighted by Gasteiger charge is 2.31. The number of hydrogen-bond acceptors (Lipinski definition) is 4. The number of nitrogens with one attached hydrogen (secondary N) is 1. The number of nitrogens with zero attached hydrogens (tertiary/aromatic N) is 2. The van der Waals surface area contributed by atoms with Crippen LogP contribution in [0, 0.1) is 17.6 Å². The van der Waals surface area contributed by atoms with Crippen molar-refractivity contribution in [2.24, 2.45) is 5.92 Å². The van der Waals surface area contributed by atoms with Crippen LogP contribution in [0.4, 0.5) is 8.78 Å². The number of benzene rings is 1. The van der Waals surface area contributed by atoms with E-state index in [1.54, 1.807) is 0 Å². The molecule has 0 bridgehead atoms. The lowest BCUT2D eigenvalue weighted by Gasteiger charge is -2.11. The molecule has 6 heteroatoms. The molecule has 1 N–H and O–H groups in total. The van der Waals surface area contributed by atoms with Crippen molar-refractivity contribution in [1.82, 2.24) is 15.5 Å². The molecule has 3 rings (SSSR count). The summed E-state index contributed by atoms with van der Waals surface area (Å²) in [5, 5.41) is 7.02. The van der Waals surface area contributed by atoms with Crippen LogP contribution in [0.15, 0.2) is 22.7 Å². The average molecular weight is 279 g/mol. The molecule has 1 atom stereocenters. The minimum Gasteiger partial charge on any atom is -0.339 e. The maximum absolute atomic E-state index is 13.2. The highest BCUT2D eigenvalue weighted by atomic mass is 19.1. The molecule has 1 saturated carbocycles. The number of rotatable bonds is 5. The molecule has 106 valence electrons. The summed E-state index contributed by atoms with van der Waals surface area (Å²) in [7, 11) is 1.90. The summed E-state index contributed by atoms with van der Waals surface area (Å²) in [6, 6.07) is 3.50. The molecule has 4 nitrogen and oxygen atoms in total. The van der Waals surface area contributed by atoms with E-state index < -0.39 is 11.6 Å². The molecule has 1 fully saturated rings. The van der Waals surface area contributed by atoms with Gasteiger partial charge in [0.2, 0.25) is 11.7 Å². The first-order valence-corrected chi connectivity index (χ1v) is 6.62. The minimum atomic E-state index is -0.655. The summed E-state index contributed by atoms with van der Waals surface area (Å²) >= 11 is 0. The van der Waals surface area contributed by atoms with Crippen LogP contribution in [0.2, 0.25) is 0 Å². The normalized spacial score (nSPS) is 16.4. The monoisotopic (exact) mass is 279 g/mol. The van der Waals surface area contributed by atoms with Gasteiger partial charge in [0, 0.05) is 24.1 Å². The van der Waals surface area contributed by atoms with E-state index in [1.807, 2.05) is 7.05 Å². The Hall–Kier alpha value is -1.82. The molecular formula is C14H15F2N3O. The lowest BCUT2D eigenvalue weighted by Crippen LogP contribution is -2.29. The smallest absolute Gasteiger partial charge is 0.228 e. The van der Waals surface area contributed by atoms with E-state index in [-0.39, 0.29) is 11.4 Å². The molecule has 1 aliphatic carbocycles. The molecule has 0 saturated heterocycles. The summed E-state index contributed by atoms with van der Waals surface area (Å²) in [5.74, 6) is 0.0387. The quantitative estimate of drug-likeness (QED) is 0.914. The van der Waals surface area contributed by atoms with E-state index in [0.717, 1.165) is 6.07 Å². The van der Waals surface area contributed by atoms with E-state index >= 15 is 0 Å². The third kappa shape index (κ3) is 2.85. The van der Waals surface area contributed by atoms with Gasteiger partial charge in [0.1, 0.15) is 11.6 Å². The topological polar surface area (TPSA) is 51.0 Å². The van der Waals surface area contributed by atoms with Crippen LogP contribution in [0.25, 0.3) is 11.4 Å². The van der Waals surface area contributed by atoms with Crippen LogP contribution < -0.4 is 5.32 Å². The fourth-order valence-electron chi connectivity index (χ4n) is 2.33. The van der Waals surface area contributed by atoms with Gasteiger partial charge in [-0.15, -0.1) is 0 Å². The molecule has 1 heterocycles. The Morgan fingerprint density at radius 3 is 2.60 bits per heavy atom. The third-order valence-electron chi connectivity index (χ3n) is 3.55. The molecular weight excluding hydrogens is 264 g/mol. The van der Waals surface area contributed by atoms with Crippen molar-refractivity contribution in [3.05, 3.63) is 35.7 Å². The Labute approximate surface area is 115 Å². The highest BCUT2D eigenvalue weighted by molar-refractivity contribution is 5.54. The van der Waals surface area contributed by atoms with Gasteiger partial charge in [-0.3, -0.25) is 0 Å². The second-order valence-electron chi connectivity index (χ2n) is 5.11. The van der Waals surface area contributed by atoms with Crippen LogP contribution in [0.3, 0.4) is 0 Å². The zero-order valence-corrected chi connectivity index (χ0v) is 11.1. The maximum Gasteiger partial charge on any atom is 0.228 e. The van der Waals surface area contributed by atoms with Gasteiger partial charge < -0.3 is 9.84 Å². The Morgan fingerprint density at radius 2 is 2.00 bits per heavy atom. The van der Waals surface area contributed by atoms with Crippen molar-refractivity contribution in [2.75, 3.05) is 7.05 Å². The molecule has 0 aliphatic heterocycles. The molecule has 2 aromatic rings. The standard InChI is InChI=1S/C14H15F2N3O/c1-17-12(8-2-3-8)7-13-18-14(19-20-13)9-4-10(15)6-11(16)5-9/h4-6,8,12,17H,2-3,7H2,1H3. The van der Waals surface area contributed by atoms with E-state index in [4.69, 9.17) is 4.52 Å². The summed E-state index contributed by atoms with van der Waals surface area (Å²) < 4.78 is 31.5. The van der Waals surface area contributed by atoms with E-state index in [2.05, 4.69) is 15.5 Å². The largest absolute Gasteiger partial charge is 0.339 e. The Kier molecular flexibility index (Phi) is 3.48. The van der Waals surface area contributed by atoms with Crippen LogP contribution >= 0.6 is 0 Å². The van der Waals surface area contributed by atoms with Crippen molar-refractivity contribution < 1.29 is 13.3 Å². The SMILES string of the molecule is CNC(Cc1nc(-c2cc(F)cc(F)c2)no1)C1CC1. The predicted molar refractivity (Wildman–Crippen MR) is 68.9 cm³/mol. The van der Waals surface area contributed by atoms with Crippen molar-refractivity contribution in [2.45, 2.75) is 25.3 Å². The summed E-state index contributed by atoms with van der Waals surface area (Å²) in [6.45, 7) is 0. The summed E-state index contributed by atoms with van der Waals surface area (Å²) in [4.78, 5) is 4.21. The predicted octanol–water partition coefficient (Wildman–Crippen LogP) is 2.56. The van der Waals surface area contributed by atoms with E-state index in [9.17, 15) is 8.78 Å². The molecule has 1 unspecified atom stereocenters. The van der Waals surface area contributed by atoms with Gasteiger partial charge >= 0.3 is 0 Å². The first-order chi connectivity index (χ1) is 9.65. The summed E-state index contributed by atoms with van der Waals surface area (Å²) in [6.07, 6.45) is 3.05. The van der Waals surface area contributed by atoms with Crippen molar-refractivity contribution in [3.63, 3.8) is 0 Å². The fraction of sp³-hybridized carbons (Fsp3) is 0.429. The van der Waals surface area contributed by atoms with E-state index in [1.165, 1.54) is 25.0 Å². The van der Waals surface area contributed by atoms with Gasteiger partial charge in [0.05, 0.1) is 0 Å². The Morgan fingerprint density at radius 1 is 1.30 bits per heavy atom. The van der Waals surface area contributed by atoms with Crippen molar-refractivity contribution in [1.29, 1.82) is 0 Å². The van der Waals surface area contributed by atoms with E-state index in [0.29, 0.717) is 24.3 Å². The van der Waals surface area contributed by atoms with Gasteiger partial charge in [0.25, 0.3) is 0 Å². The van der Waals surface area contributed by atoms with Crippen molar-refractivity contribution in [3.8, 4) is 11.4 Å². The molecule has 20 heavy (non-hydrogen) atoms. The number of aromatic nitrogens is 2. The van der Waals surface area contributed by atoms with Crippen molar-refractivity contribution >= 4 is 0 Å². The van der Waals surface area contributed by atoms with Crippen LogP contribution in [-0.4, -0.2) is 23.2 Å². The molecule has 0 radical (unpaired) electrons. The Bertz CT molecular complexity index is 590. The third-order valence-corrected chi connectivity index (χ3v) is 3.55. The average Bonchev–Trinajstić information content (AvgIpc) is 3.14. The van der Waals surface area contributed by atoms with Gasteiger partial charge in [-0.1, -0.05) is 5.16 Å². The molecule has 1 aromatic carbocycles. The molecule has 1 aliphatic rings.